The average Bonchev–Trinajstić information content (AvgIpc) is 2.75. The zero-order valence-corrected chi connectivity index (χ0v) is 15.9. The Hall–Kier alpha value is -3.41. The van der Waals surface area contributed by atoms with E-state index in [1.54, 1.807) is 6.33 Å². The number of piperazine rings is 1. The molecule has 0 saturated carbocycles. The monoisotopic (exact) mass is 373 g/mol. The molecule has 28 heavy (non-hydrogen) atoms. The maximum absolute atomic E-state index is 12.5. The van der Waals surface area contributed by atoms with Gasteiger partial charge in [-0.2, -0.15) is 0 Å². The largest absolute Gasteiger partial charge is 0.353 e. The minimum Gasteiger partial charge on any atom is -0.353 e. The molecule has 0 aliphatic carbocycles. The van der Waals surface area contributed by atoms with Gasteiger partial charge in [0.25, 0.3) is 0 Å². The summed E-state index contributed by atoms with van der Waals surface area (Å²) in [5.74, 6) is 0.898. The van der Waals surface area contributed by atoms with Crippen LogP contribution in [-0.2, 0) is 0 Å². The summed E-state index contributed by atoms with van der Waals surface area (Å²) < 4.78 is 0. The Morgan fingerprint density at radius 1 is 0.929 bits per heavy atom. The number of carbonyl (C=O) groups excluding carboxylic acids is 1. The number of nitrogens with one attached hydrogen (secondary N) is 1. The van der Waals surface area contributed by atoms with Crippen molar-refractivity contribution < 1.29 is 4.79 Å². The number of amides is 2. The van der Waals surface area contributed by atoms with Gasteiger partial charge in [-0.3, -0.25) is 0 Å². The summed E-state index contributed by atoms with van der Waals surface area (Å²) in [7, 11) is 0. The molecule has 3 aromatic rings. The third-order valence-corrected chi connectivity index (χ3v) is 4.88. The first-order chi connectivity index (χ1) is 13.7. The highest BCUT2D eigenvalue weighted by molar-refractivity contribution is 5.89. The van der Waals surface area contributed by atoms with E-state index in [4.69, 9.17) is 0 Å². The number of aryl methyl sites for hydroxylation is 1. The molecule has 0 atom stereocenters. The molecule has 0 spiro atoms. The van der Waals surface area contributed by atoms with Crippen LogP contribution in [0.15, 0.2) is 67.0 Å². The van der Waals surface area contributed by atoms with Gasteiger partial charge in [0.2, 0.25) is 0 Å². The standard InChI is InChI=1S/C22H23N5O/c1-17-6-5-7-18(14-17)20-15-21(24-16-23-20)26-10-12-27(13-11-26)22(28)25-19-8-3-2-4-9-19/h2-9,14-16H,10-13H2,1H3,(H,25,28). The van der Waals surface area contributed by atoms with Crippen molar-refractivity contribution in [1.82, 2.24) is 14.9 Å². The van der Waals surface area contributed by atoms with Crippen molar-refractivity contribution in [1.29, 1.82) is 0 Å². The molecule has 6 heteroatoms. The molecule has 0 bridgehead atoms. The van der Waals surface area contributed by atoms with Crippen LogP contribution < -0.4 is 10.2 Å². The Kier molecular flexibility index (Phi) is 5.19. The van der Waals surface area contributed by atoms with Crippen LogP contribution >= 0.6 is 0 Å². The summed E-state index contributed by atoms with van der Waals surface area (Å²) in [5, 5.41) is 2.94. The van der Waals surface area contributed by atoms with Crippen LogP contribution in [0.2, 0.25) is 0 Å². The molecule has 1 aliphatic rings. The van der Waals surface area contributed by atoms with Crippen LogP contribution in [0.25, 0.3) is 11.3 Å². The number of hydrogen-bond donors (Lipinski definition) is 1. The van der Waals surface area contributed by atoms with E-state index in [-0.39, 0.29) is 6.03 Å². The number of benzene rings is 2. The van der Waals surface area contributed by atoms with E-state index in [9.17, 15) is 4.79 Å². The van der Waals surface area contributed by atoms with Crippen LogP contribution in [0.4, 0.5) is 16.3 Å². The van der Waals surface area contributed by atoms with Crippen LogP contribution in [0, 0.1) is 6.92 Å². The van der Waals surface area contributed by atoms with E-state index in [2.05, 4.69) is 45.3 Å². The molecular formula is C22H23N5O. The van der Waals surface area contributed by atoms with Crippen LogP contribution in [-0.4, -0.2) is 47.1 Å². The molecule has 4 rings (SSSR count). The van der Waals surface area contributed by atoms with Crippen molar-refractivity contribution >= 4 is 17.5 Å². The highest BCUT2D eigenvalue weighted by Crippen LogP contribution is 2.22. The number of rotatable bonds is 3. The van der Waals surface area contributed by atoms with E-state index in [0.29, 0.717) is 13.1 Å². The molecule has 0 unspecified atom stereocenters. The fourth-order valence-corrected chi connectivity index (χ4v) is 3.34. The fourth-order valence-electron chi connectivity index (χ4n) is 3.34. The summed E-state index contributed by atoms with van der Waals surface area (Å²) in [6.07, 6.45) is 1.61. The first-order valence-corrected chi connectivity index (χ1v) is 9.44. The van der Waals surface area contributed by atoms with Gasteiger partial charge in [0, 0.05) is 43.5 Å². The lowest BCUT2D eigenvalue weighted by atomic mass is 10.1. The zero-order valence-electron chi connectivity index (χ0n) is 15.9. The first kappa shape index (κ1) is 18.0. The minimum absolute atomic E-state index is 0.0611. The zero-order chi connectivity index (χ0) is 19.3. The smallest absolute Gasteiger partial charge is 0.321 e. The van der Waals surface area contributed by atoms with Crippen LogP contribution in [0.1, 0.15) is 5.56 Å². The molecule has 1 aliphatic heterocycles. The molecule has 1 N–H and O–H groups in total. The number of nitrogens with zero attached hydrogens (tertiary/aromatic N) is 4. The van der Waals surface area contributed by atoms with E-state index >= 15 is 0 Å². The molecule has 6 nitrogen and oxygen atoms in total. The highest BCUT2D eigenvalue weighted by atomic mass is 16.2. The lowest BCUT2D eigenvalue weighted by Crippen LogP contribution is -2.50. The van der Waals surface area contributed by atoms with Crippen molar-refractivity contribution in [3.8, 4) is 11.3 Å². The maximum Gasteiger partial charge on any atom is 0.321 e. The van der Waals surface area contributed by atoms with E-state index in [1.165, 1.54) is 5.56 Å². The number of anilines is 2. The normalized spacial score (nSPS) is 14.0. The number of para-hydroxylation sites is 1. The summed E-state index contributed by atoms with van der Waals surface area (Å²) in [6, 6.07) is 19.8. The lowest BCUT2D eigenvalue weighted by Gasteiger charge is -2.35. The topological polar surface area (TPSA) is 61.4 Å². The Balaban J connectivity index is 1.40. The molecule has 0 radical (unpaired) electrons. The second-order valence-corrected chi connectivity index (χ2v) is 6.90. The highest BCUT2D eigenvalue weighted by Gasteiger charge is 2.22. The second kappa shape index (κ2) is 8.08. The predicted octanol–water partition coefficient (Wildman–Crippen LogP) is 3.81. The van der Waals surface area contributed by atoms with Gasteiger partial charge in [-0.25, -0.2) is 14.8 Å². The third kappa shape index (κ3) is 4.11. The van der Waals surface area contributed by atoms with Crippen molar-refractivity contribution in [2.75, 3.05) is 36.4 Å². The van der Waals surface area contributed by atoms with Crippen molar-refractivity contribution in [3.05, 3.63) is 72.6 Å². The molecule has 1 saturated heterocycles. The fraction of sp³-hybridized carbons (Fsp3) is 0.227. The molecule has 1 fully saturated rings. The molecule has 2 amide bonds. The first-order valence-electron chi connectivity index (χ1n) is 9.44. The molecular weight excluding hydrogens is 350 g/mol. The van der Waals surface area contributed by atoms with Gasteiger partial charge in [-0.1, -0.05) is 42.0 Å². The minimum atomic E-state index is -0.0611. The SMILES string of the molecule is Cc1cccc(-c2cc(N3CCN(C(=O)Nc4ccccc4)CC3)ncn2)c1. The van der Waals surface area contributed by atoms with E-state index < -0.39 is 0 Å². The van der Waals surface area contributed by atoms with Gasteiger partial charge in [-0.15, -0.1) is 0 Å². The van der Waals surface area contributed by atoms with Crippen LogP contribution in [0.5, 0.6) is 0 Å². The maximum atomic E-state index is 12.5. The number of urea groups is 1. The third-order valence-electron chi connectivity index (χ3n) is 4.88. The van der Waals surface area contributed by atoms with Crippen molar-refractivity contribution in [2.24, 2.45) is 0 Å². The van der Waals surface area contributed by atoms with Gasteiger partial charge < -0.3 is 15.1 Å². The summed E-state index contributed by atoms with van der Waals surface area (Å²) in [4.78, 5) is 25.4. The van der Waals surface area contributed by atoms with Gasteiger partial charge >= 0.3 is 6.03 Å². The van der Waals surface area contributed by atoms with E-state index in [1.807, 2.05) is 47.4 Å². The number of hydrogen-bond acceptors (Lipinski definition) is 4. The summed E-state index contributed by atoms with van der Waals surface area (Å²) in [5.41, 5.74) is 4.02. The van der Waals surface area contributed by atoms with Gasteiger partial charge in [0.1, 0.15) is 12.1 Å². The van der Waals surface area contributed by atoms with Gasteiger partial charge in [-0.05, 0) is 25.1 Å². The molecule has 2 aromatic carbocycles. The Morgan fingerprint density at radius 3 is 2.46 bits per heavy atom. The Bertz CT molecular complexity index is 952. The predicted molar refractivity (Wildman–Crippen MR) is 111 cm³/mol. The number of carbonyl (C=O) groups is 1. The van der Waals surface area contributed by atoms with E-state index in [0.717, 1.165) is 35.9 Å². The molecule has 1 aromatic heterocycles. The summed E-state index contributed by atoms with van der Waals surface area (Å²) in [6.45, 7) is 4.87. The lowest BCUT2D eigenvalue weighted by molar-refractivity contribution is 0.208. The van der Waals surface area contributed by atoms with Gasteiger partial charge in [0.05, 0.1) is 5.69 Å². The second-order valence-electron chi connectivity index (χ2n) is 6.90. The van der Waals surface area contributed by atoms with Crippen molar-refractivity contribution in [3.63, 3.8) is 0 Å². The quantitative estimate of drug-likeness (QED) is 0.758. The number of aromatic nitrogens is 2. The summed E-state index contributed by atoms with van der Waals surface area (Å²) >= 11 is 0. The van der Waals surface area contributed by atoms with Crippen molar-refractivity contribution in [2.45, 2.75) is 6.92 Å². The average molecular weight is 373 g/mol. The molecule has 142 valence electrons. The van der Waals surface area contributed by atoms with Gasteiger partial charge in [0.15, 0.2) is 0 Å². The van der Waals surface area contributed by atoms with Crippen LogP contribution in [0.3, 0.4) is 0 Å². The Morgan fingerprint density at radius 2 is 1.71 bits per heavy atom. The Labute approximate surface area is 164 Å². The molecule has 2 heterocycles.